The van der Waals surface area contributed by atoms with Gasteiger partial charge in [-0.3, -0.25) is 24.1 Å². The number of phenolic OH excluding ortho intramolecular Hbond substituents is 1. The molecule has 2 aromatic rings. The van der Waals surface area contributed by atoms with Crippen molar-refractivity contribution in [2.24, 2.45) is 17.8 Å². The van der Waals surface area contributed by atoms with E-state index >= 15 is 0 Å². The third kappa shape index (κ3) is 3.85. The molecule has 0 unspecified atom stereocenters. The van der Waals surface area contributed by atoms with Gasteiger partial charge in [0.25, 0.3) is 0 Å². The fourth-order valence-corrected chi connectivity index (χ4v) is 7.11. The maximum absolute atomic E-state index is 14.0. The Balaban J connectivity index is 1.54. The molecule has 204 valence electrons. The summed E-state index contributed by atoms with van der Waals surface area (Å²) in [6.07, 6.45) is 3.79. The van der Waals surface area contributed by atoms with E-state index in [4.69, 9.17) is 9.47 Å². The van der Waals surface area contributed by atoms with Crippen molar-refractivity contribution in [1.82, 2.24) is 0 Å². The molecule has 1 heterocycles. The number of hydrogen-bond donors (Lipinski definition) is 1. The van der Waals surface area contributed by atoms with Gasteiger partial charge in [0.1, 0.15) is 17.2 Å². The van der Waals surface area contributed by atoms with Gasteiger partial charge in [-0.25, -0.2) is 0 Å². The Kier molecular flexibility index (Phi) is 6.44. The third-order valence-corrected chi connectivity index (χ3v) is 9.19. The van der Waals surface area contributed by atoms with Crippen molar-refractivity contribution in [1.29, 1.82) is 0 Å². The molecule has 2 aromatic carbocycles. The van der Waals surface area contributed by atoms with E-state index in [1.165, 1.54) is 37.3 Å². The zero-order valence-corrected chi connectivity index (χ0v) is 24.2. The number of anilines is 1. The van der Waals surface area contributed by atoms with Gasteiger partial charge in [-0.2, -0.15) is 0 Å². The Morgan fingerprint density at radius 2 is 1.60 bits per heavy atom. The molecule has 1 saturated heterocycles. The number of phenols is 1. The molecule has 0 radical (unpaired) electrons. The minimum atomic E-state index is -0.754. The largest absolute Gasteiger partial charge is 0.508 e. The van der Waals surface area contributed by atoms with Crippen molar-refractivity contribution in [3.8, 4) is 17.2 Å². The second-order valence-corrected chi connectivity index (χ2v) is 11.7. The van der Waals surface area contributed by atoms with Crippen LogP contribution in [0.2, 0.25) is 0 Å². The number of allylic oxidation sites excluding steroid dienone is 6. The molecule has 0 bridgehead atoms. The van der Waals surface area contributed by atoms with Crippen molar-refractivity contribution in [2.45, 2.75) is 25.7 Å². The van der Waals surface area contributed by atoms with E-state index in [2.05, 4.69) is 22.6 Å². The molecule has 9 heteroatoms. The maximum atomic E-state index is 14.0. The summed E-state index contributed by atoms with van der Waals surface area (Å²) in [5.41, 5.74) is 2.79. The van der Waals surface area contributed by atoms with Crippen LogP contribution in [0.5, 0.6) is 17.2 Å². The van der Waals surface area contributed by atoms with Crippen molar-refractivity contribution in [2.75, 3.05) is 19.1 Å². The second kappa shape index (κ2) is 9.72. The maximum Gasteiger partial charge on any atom is 0.238 e. The average Bonchev–Trinajstić information content (AvgIpc) is 3.20. The third-order valence-electron chi connectivity index (χ3n) is 8.47. The van der Waals surface area contributed by atoms with Gasteiger partial charge in [0, 0.05) is 43.9 Å². The summed E-state index contributed by atoms with van der Waals surface area (Å²) >= 11 is 2.17. The normalized spacial score (nSPS) is 25.8. The van der Waals surface area contributed by atoms with Gasteiger partial charge >= 0.3 is 0 Å². The minimum Gasteiger partial charge on any atom is -0.508 e. The Hall–Kier alpha value is -3.73. The van der Waals surface area contributed by atoms with Crippen molar-refractivity contribution in [3.63, 3.8) is 0 Å². The summed E-state index contributed by atoms with van der Waals surface area (Å²) in [4.78, 5) is 55.9. The fraction of sp³-hybridized carbons (Fsp3) is 0.290. The number of aromatic hydroxyl groups is 1. The highest BCUT2D eigenvalue weighted by Crippen LogP contribution is 2.58. The van der Waals surface area contributed by atoms with Crippen molar-refractivity contribution < 1.29 is 33.8 Å². The van der Waals surface area contributed by atoms with Crippen molar-refractivity contribution >= 4 is 51.7 Å². The number of ketones is 2. The van der Waals surface area contributed by atoms with E-state index in [1.807, 2.05) is 18.2 Å². The molecule has 40 heavy (non-hydrogen) atoms. The molecule has 0 aromatic heterocycles. The smallest absolute Gasteiger partial charge is 0.238 e. The highest BCUT2D eigenvalue weighted by molar-refractivity contribution is 14.1. The SMILES string of the molecule is COc1cc(O)cc(OC)c1[C@H]1C2=CC[C@@H]3C(=O)N(c4ccc(I)cc4)C(=O)[C@@H]3[C@@H]2CC2=C1C(=O)C(C)=CC2=O. The predicted molar refractivity (Wildman–Crippen MR) is 154 cm³/mol. The number of carbonyl (C=O) groups is 4. The van der Waals surface area contributed by atoms with Crippen LogP contribution in [0.25, 0.3) is 0 Å². The number of nitrogens with zero attached hydrogens (tertiary/aromatic N) is 1. The van der Waals surface area contributed by atoms with Gasteiger partial charge in [0.05, 0.1) is 31.7 Å². The molecule has 0 spiro atoms. The van der Waals surface area contributed by atoms with Crippen LogP contribution in [-0.4, -0.2) is 42.7 Å². The number of Topliss-reactive ketones (excluding diaryl/α,β-unsaturated/α-hetero) is 1. The van der Waals surface area contributed by atoms with Crippen LogP contribution in [0.15, 0.2) is 70.8 Å². The number of ether oxygens (including phenoxy) is 2. The quantitative estimate of drug-likeness (QED) is 0.222. The average molecular weight is 651 g/mol. The lowest BCUT2D eigenvalue weighted by Gasteiger charge is -2.42. The molecule has 1 aliphatic heterocycles. The zero-order valence-electron chi connectivity index (χ0n) is 22.1. The van der Waals surface area contributed by atoms with E-state index in [9.17, 15) is 24.3 Å². The van der Waals surface area contributed by atoms with Crippen LogP contribution >= 0.6 is 22.6 Å². The Bertz CT molecular complexity index is 1570. The van der Waals surface area contributed by atoms with E-state index in [-0.39, 0.29) is 35.6 Å². The molecular formula is C31H26INO7. The monoisotopic (exact) mass is 651 g/mol. The molecular weight excluding hydrogens is 625 g/mol. The number of benzene rings is 2. The summed E-state index contributed by atoms with van der Waals surface area (Å²) in [7, 11) is 2.91. The summed E-state index contributed by atoms with van der Waals surface area (Å²) in [5, 5.41) is 10.3. The van der Waals surface area contributed by atoms with Crippen LogP contribution < -0.4 is 14.4 Å². The summed E-state index contributed by atoms with van der Waals surface area (Å²) in [6, 6.07) is 10.1. The first-order chi connectivity index (χ1) is 19.2. The number of imide groups is 1. The van der Waals surface area contributed by atoms with Crippen LogP contribution in [0.1, 0.15) is 31.2 Å². The first-order valence-corrected chi connectivity index (χ1v) is 14.0. The van der Waals surface area contributed by atoms with E-state index in [0.717, 1.165) is 9.14 Å². The predicted octanol–water partition coefficient (Wildman–Crippen LogP) is 4.65. The van der Waals surface area contributed by atoms with Gasteiger partial charge < -0.3 is 14.6 Å². The van der Waals surface area contributed by atoms with Crippen LogP contribution in [0.4, 0.5) is 5.69 Å². The molecule has 0 saturated carbocycles. The molecule has 4 aliphatic rings. The number of halogens is 1. The topological polar surface area (TPSA) is 110 Å². The number of hydrogen-bond acceptors (Lipinski definition) is 7. The Morgan fingerprint density at radius 1 is 0.950 bits per heavy atom. The van der Waals surface area contributed by atoms with Crippen molar-refractivity contribution in [3.05, 3.63) is 80.0 Å². The molecule has 3 aliphatic carbocycles. The summed E-state index contributed by atoms with van der Waals surface area (Å²) in [6.45, 7) is 1.61. The lowest BCUT2D eigenvalue weighted by Crippen LogP contribution is -2.40. The van der Waals surface area contributed by atoms with Gasteiger partial charge in [-0.15, -0.1) is 0 Å². The van der Waals surface area contributed by atoms with Gasteiger partial charge in [0.2, 0.25) is 11.8 Å². The molecule has 4 atom stereocenters. The molecule has 1 fully saturated rings. The molecule has 8 nitrogen and oxygen atoms in total. The Labute approximate surface area is 244 Å². The number of fused-ring (bicyclic) bond motifs is 3. The van der Waals surface area contributed by atoms with E-state index in [0.29, 0.717) is 45.9 Å². The standard InChI is InChI=1S/C31H26INO7/c1-14-10-22(35)21-13-20-18(26(27(21)29(14)36)28-23(39-2)11-17(34)12-24(28)40-3)8-9-19-25(20)31(38)33(30(19)37)16-6-4-15(32)5-7-16/h4-8,10-12,19-20,25-26,34H,9,13H2,1-3H3/t19-,20+,25-,26-/m0/s1. The number of rotatable bonds is 4. The van der Waals surface area contributed by atoms with Crippen LogP contribution in [-0.2, 0) is 19.2 Å². The first kappa shape index (κ1) is 26.5. The number of methoxy groups -OCH3 is 2. The fourth-order valence-electron chi connectivity index (χ4n) is 6.75. The molecule has 2 amide bonds. The minimum absolute atomic E-state index is 0.0800. The zero-order chi connectivity index (χ0) is 28.5. The second-order valence-electron chi connectivity index (χ2n) is 10.5. The highest BCUT2D eigenvalue weighted by Gasteiger charge is 2.57. The number of amides is 2. The lowest BCUT2D eigenvalue weighted by molar-refractivity contribution is -0.123. The van der Waals surface area contributed by atoms with Crippen LogP contribution in [0, 0.1) is 21.3 Å². The van der Waals surface area contributed by atoms with E-state index in [1.54, 1.807) is 19.1 Å². The van der Waals surface area contributed by atoms with Gasteiger partial charge in [-0.1, -0.05) is 11.6 Å². The van der Waals surface area contributed by atoms with Gasteiger partial charge in [0.15, 0.2) is 11.6 Å². The Morgan fingerprint density at radius 3 is 2.23 bits per heavy atom. The highest BCUT2D eigenvalue weighted by atomic mass is 127. The summed E-state index contributed by atoms with van der Waals surface area (Å²) in [5.74, 6) is -3.10. The lowest BCUT2D eigenvalue weighted by atomic mass is 9.59. The summed E-state index contributed by atoms with van der Waals surface area (Å²) < 4.78 is 12.3. The van der Waals surface area contributed by atoms with Gasteiger partial charge in [-0.05, 0) is 78.6 Å². The van der Waals surface area contributed by atoms with Crippen LogP contribution in [0.3, 0.4) is 0 Å². The first-order valence-electron chi connectivity index (χ1n) is 12.9. The molecule has 1 N–H and O–H groups in total. The number of carbonyl (C=O) groups excluding carboxylic acids is 4. The van der Waals surface area contributed by atoms with E-state index < -0.39 is 23.7 Å². The molecule has 6 rings (SSSR count).